The minimum Gasteiger partial charge on any atom is -0.396 e. The molecule has 0 saturated carbocycles. The van der Waals surface area contributed by atoms with E-state index in [1.807, 2.05) is 0 Å². The molecule has 0 unspecified atom stereocenters. The lowest BCUT2D eigenvalue weighted by molar-refractivity contribution is 0.0771. The van der Waals surface area contributed by atoms with Crippen LogP contribution < -0.4 is 5.73 Å². The smallest absolute Gasteiger partial charge is 0.254 e. The third kappa shape index (κ3) is 2.79. The van der Waals surface area contributed by atoms with Crippen LogP contribution in [0, 0.1) is 0 Å². The molecule has 1 aromatic rings. The highest BCUT2D eigenvalue weighted by atomic mass is 35.5. The Hall–Kier alpha value is -0.780. The first-order valence-electron chi connectivity index (χ1n) is 5.38. The van der Waals surface area contributed by atoms with Gasteiger partial charge in [-0.1, -0.05) is 23.2 Å². The van der Waals surface area contributed by atoms with Gasteiger partial charge in [0.2, 0.25) is 0 Å². The first kappa shape index (κ1) is 13.6. The summed E-state index contributed by atoms with van der Waals surface area (Å²) >= 11 is 11.8. The predicted molar refractivity (Wildman–Crippen MR) is 74.7 cm³/mol. The van der Waals surface area contributed by atoms with E-state index >= 15 is 0 Å². The standard InChI is InChI=1S/C11H12Cl2N2O2S/c12-8-5-7(6-9(13)10(8)14)11(16)15-1-3-18(17)4-2-15/h5-6H,1-4,14H2. The van der Waals surface area contributed by atoms with Crippen molar-refractivity contribution < 1.29 is 9.00 Å². The van der Waals surface area contributed by atoms with Gasteiger partial charge in [-0.15, -0.1) is 0 Å². The average molecular weight is 307 g/mol. The summed E-state index contributed by atoms with van der Waals surface area (Å²) in [5.74, 6) is 0.875. The van der Waals surface area contributed by atoms with Gasteiger partial charge >= 0.3 is 0 Å². The molecule has 2 N–H and O–H groups in total. The van der Waals surface area contributed by atoms with Crippen LogP contribution in [0.3, 0.4) is 0 Å². The number of nitrogen functional groups attached to an aromatic ring is 1. The highest BCUT2D eigenvalue weighted by molar-refractivity contribution is 7.85. The number of benzene rings is 1. The molecule has 0 spiro atoms. The number of carbonyl (C=O) groups excluding carboxylic acids is 1. The first-order chi connectivity index (χ1) is 8.49. The predicted octanol–water partition coefficient (Wildman–Crippen LogP) is 1.78. The zero-order valence-electron chi connectivity index (χ0n) is 9.49. The summed E-state index contributed by atoms with van der Waals surface area (Å²) in [5, 5.41) is 0.540. The Morgan fingerprint density at radius 2 is 1.72 bits per heavy atom. The summed E-state index contributed by atoms with van der Waals surface area (Å²) in [6.07, 6.45) is 0. The van der Waals surface area contributed by atoms with Crippen molar-refractivity contribution in [3.8, 4) is 0 Å². The molecule has 18 heavy (non-hydrogen) atoms. The Morgan fingerprint density at radius 1 is 1.22 bits per heavy atom. The molecule has 1 aliphatic heterocycles. The number of amides is 1. The second-order valence-electron chi connectivity index (χ2n) is 3.99. The van der Waals surface area contributed by atoms with Crippen LogP contribution in [0.5, 0.6) is 0 Å². The molecule has 98 valence electrons. The fraction of sp³-hybridized carbons (Fsp3) is 0.364. The van der Waals surface area contributed by atoms with Crippen molar-refractivity contribution in [1.29, 1.82) is 0 Å². The van der Waals surface area contributed by atoms with Crippen molar-refractivity contribution in [1.82, 2.24) is 4.90 Å². The van der Waals surface area contributed by atoms with E-state index in [1.165, 1.54) is 12.1 Å². The monoisotopic (exact) mass is 306 g/mol. The normalized spacial score (nSPS) is 16.9. The molecule has 0 atom stereocenters. The molecule has 1 aromatic carbocycles. The van der Waals surface area contributed by atoms with Gasteiger partial charge in [-0.2, -0.15) is 0 Å². The van der Waals surface area contributed by atoms with Crippen LogP contribution in [-0.4, -0.2) is 39.6 Å². The number of rotatable bonds is 1. The summed E-state index contributed by atoms with van der Waals surface area (Å²) in [7, 11) is -0.812. The number of nitrogens with two attached hydrogens (primary N) is 1. The Bertz CT molecular complexity index is 489. The topological polar surface area (TPSA) is 63.4 Å². The highest BCUT2D eigenvalue weighted by Gasteiger charge is 2.22. The lowest BCUT2D eigenvalue weighted by atomic mass is 10.1. The van der Waals surface area contributed by atoms with E-state index in [9.17, 15) is 9.00 Å². The molecule has 2 rings (SSSR count). The fourth-order valence-electron chi connectivity index (χ4n) is 1.73. The maximum Gasteiger partial charge on any atom is 0.254 e. The molecule has 1 saturated heterocycles. The second kappa shape index (κ2) is 5.47. The molecule has 1 amide bonds. The van der Waals surface area contributed by atoms with Crippen LogP contribution in [-0.2, 0) is 10.8 Å². The minimum atomic E-state index is -0.812. The maximum atomic E-state index is 12.2. The van der Waals surface area contributed by atoms with Gasteiger partial charge in [0, 0.05) is 41.0 Å². The lowest BCUT2D eigenvalue weighted by Crippen LogP contribution is -2.41. The zero-order valence-corrected chi connectivity index (χ0v) is 11.8. The van der Waals surface area contributed by atoms with Crippen molar-refractivity contribution in [3.05, 3.63) is 27.7 Å². The van der Waals surface area contributed by atoms with Crippen molar-refractivity contribution in [2.75, 3.05) is 30.3 Å². The van der Waals surface area contributed by atoms with Crippen LogP contribution in [0.4, 0.5) is 5.69 Å². The van der Waals surface area contributed by atoms with E-state index in [-0.39, 0.29) is 21.6 Å². The summed E-state index contributed by atoms with van der Waals surface area (Å²) in [6, 6.07) is 3.02. The number of anilines is 1. The van der Waals surface area contributed by atoms with Crippen LogP contribution in [0.2, 0.25) is 10.0 Å². The van der Waals surface area contributed by atoms with Gasteiger partial charge in [0.15, 0.2) is 0 Å². The van der Waals surface area contributed by atoms with Crippen LogP contribution in [0.15, 0.2) is 12.1 Å². The van der Waals surface area contributed by atoms with E-state index in [0.717, 1.165) is 0 Å². The quantitative estimate of drug-likeness (QED) is 0.804. The lowest BCUT2D eigenvalue weighted by Gasteiger charge is -2.26. The molecule has 1 aliphatic rings. The number of hydrogen-bond donors (Lipinski definition) is 1. The summed E-state index contributed by atoms with van der Waals surface area (Å²) in [4.78, 5) is 13.8. The van der Waals surface area contributed by atoms with Crippen LogP contribution in [0.1, 0.15) is 10.4 Å². The largest absolute Gasteiger partial charge is 0.396 e. The van der Waals surface area contributed by atoms with E-state index in [1.54, 1.807) is 4.90 Å². The van der Waals surface area contributed by atoms with E-state index in [0.29, 0.717) is 30.2 Å². The Kier molecular flexibility index (Phi) is 4.14. The molecule has 0 aliphatic carbocycles. The molecule has 0 radical (unpaired) electrons. The van der Waals surface area contributed by atoms with Gasteiger partial charge in [-0.05, 0) is 12.1 Å². The molecule has 4 nitrogen and oxygen atoms in total. The minimum absolute atomic E-state index is 0.157. The molecule has 1 heterocycles. The number of hydrogen-bond acceptors (Lipinski definition) is 3. The van der Waals surface area contributed by atoms with Gasteiger partial charge in [-0.25, -0.2) is 0 Å². The van der Waals surface area contributed by atoms with Gasteiger partial charge in [0.25, 0.3) is 5.91 Å². The Balaban J connectivity index is 2.21. The maximum absolute atomic E-state index is 12.2. The SMILES string of the molecule is Nc1c(Cl)cc(C(=O)N2CCS(=O)CC2)cc1Cl. The Labute approximate surface area is 117 Å². The van der Waals surface area contributed by atoms with Crippen molar-refractivity contribution in [2.24, 2.45) is 0 Å². The van der Waals surface area contributed by atoms with Crippen LogP contribution in [0.25, 0.3) is 0 Å². The molecule has 1 fully saturated rings. The van der Waals surface area contributed by atoms with Gasteiger partial charge in [-0.3, -0.25) is 9.00 Å². The third-order valence-corrected chi connectivity index (χ3v) is 4.69. The average Bonchev–Trinajstić information content (AvgIpc) is 2.35. The molecule has 7 heteroatoms. The fourth-order valence-corrected chi connectivity index (χ4v) is 3.27. The summed E-state index contributed by atoms with van der Waals surface area (Å²) < 4.78 is 11.2. The summed E-state index contributed by atoms with van der Waals surface area (Å²) in [6.45, 7) is 0.982. The zero-order chi connectivity index (χ0) is 13.3. The van der Waals surface area contributed by atoms with Gasteiger partial charge in [0.05, 0.1) is 15.7 Å². The van der Waals surface area contributed by atoms with Gasteiger partial charge < -0.3 is 10.6 Å². The Morgan fingerprint density at radius 3 is 2.22 bits per heavy atom. The third-order valence-electron chi connectivity index (χ3n) is 2.79. The number of halogens is 2. The summed E-state index contributed by atoms with van der Waals surface area (Å²) in [5.41, 5.74) is 6.30. The van der Waals surface area contributed by atoms with E-state index in [4.69, 9.17) is 28.9 Å². The van der Waals surface area contributed by atoms with Crippen LogP contribution >= 0.6 is 23.2 Å². The number of carbonyl (C=O) groups is 1. The number of nitrogens with zero attached hydrogens (tertiary/aromatic N) is 1. The second-order valence-corrected chi connectivity index (χ2v) is 6.50. The van der Waals surface area contributed by atoms with Crippen molar-refractivity contribution in [2.45, 2.75) is 0 Å². The molecule has 0 aromatic heterocycles. The van der Waals surface area contributed by atoms with E-state index in [2.05, 4.69) is 0 Å². The molecular formula is C11H12Cl2N2O2S. The molecular weight excluding hydrogens is 295 g/mol. The van der Waals surface area contributed by atoms with E-state index < -0.39 is 10.8 Å². The first-order valence-corrected chi connectivity index (χ1v) is 7.62. The van der Waals surface area contributed by atoms with Gasteiger partial charge in [0.1, 0.15) is 0 Å². The van der Waals surface area contributed by atoms with Crippen molar-refractivity contribution >= 4 is 45.6 Å². The van der Waals surface area contributed by atoms with Crippen molar-refractivity contribution in [3.63, 3.8) is 0 Å². The highest BCUT2D eigenvalue weighted by Crippen LogP contribution is 2.29. The molecule has 0 bridgehead atoms.